The minimum absolute atomic E-state index is 0.0278. The lowest BCUT2D eigenvalue weighted by molar-refractivity contribution is -0.297. The van der Waals surface area contributed by atoms with E-state index in [1.165, 1.54) is 7.11 Å². The molecule has 1 fully saturated rings. The van der Waals surface area contributed by atoms with E-state index < -0.39 is 0 Å². The van der Waals surface area contributed by atoms with E-state index in [1.54, 1.807) is 6.08 Å². The standard InChI is InChI=1S/C7H13NO2/c1-3-7(10-9-2)5-4-6(5)8/h3,5-7H,1,4,8H2,2H3/t5-,6?,7-/m0/s1. The highest BCUT2D eigenvalue weighted by Crippen LogP contribution is 2.33. The van der Waals surface area contributed by atoms with Crippen molar-refractivity contribution in [2.45, 2.75) is 18.6 Å². The van der Waals surface area contributed by atoms with Crippen LogP contribution in [0.15, 0.2) is 12.7 Å². The smallest absolute Gasteiger partial charge is 0.115 e. The molecule has 2 N–H and O–H groups in total. The molecule has 3 heteroatoms. The van der Waals surface area contributed by atoms with Gasteiger partial charge in [0.2, 0.25) is 0 Å². The summed E-state index contributed by atoms with van der Waals surface area (Å²) in [6.07, 6.45) is 2.71. The Morgan fingerprint density at radius 2 is 2.40 bits per heavy atom. The van der Waals surface area contributed by atoms with Crippen molar-refractivity contribution in [2.75, 3.05) is 7.11 Å². The predicted molar refractivity (Wildman–Crippen MR) is 38.2 cm³/mol. The topological polar surface area (TPSA) is 44.5 Å². The Morgan fingerprint density at radius 1 is 1.80 bits per heavy atom. The first-order valence-corrected chi connectivity index (χ1v) is 3.37. The fourth-order valence-corrected chi connectivity index (χ4v) is 1.01. The van der Waals surface area contributed by atoms with Gasteiger partial charge in [0.15, 0.2) is 0 Å². The lowest BCUT2D eigenvalue weighted by Crippen LogP contribution is -2.16. The SMILES string of the molecule is C=C[C@H](OOC)[C@H]1CC1N. The zero-order valence-electron chi connectivity index (χ0n) is 6.12. The number of nitrogens with two attached hydrogens (primary N) is 1. The second kappa shape index (κ2) is 3.14. The molecule has 3 nitrogen and oxygen atoms in total. The molecule has 10 heavy (non-hydrogen) atoms. The van der Waals surface area contributed by atoms with Crippen LogP contribution < -0.4 is 5.73 Å². The molecule has 0 aromatic carbocycles. The first kappa shape index (κ1) is 7.72. The van der Waals surface area contributed by atoms with E-state index in [0.29, 0.717) is 5.92 Å². The van der Waals surface area contributed by atoms with Crippen molar-refractivity contribution in [3.05, 3.63) is 12.7 Å². The van der Waals surface area contributed by atoms with Crippen molar-refractivity contribution < 1.29 is 9.78 Å². The van der Waals surface area contributed by atoms with Crippen molar-refractivity contribution in [2.24, 2.45) is 11.7 Å². The van der Waals surface area contributed by atoms with Gasteiger partial charge in [-0.1, -0.05) is 6.08 Å². The van der Waals surface area contributed by atoms with Gasteiger partial charge in [0.05, 0.1) is 7.11 Å². The highest BCUT2D eigenvalue weighted by atomic mass is 17.2. The summed E-state index contributed by atoms with van der Waals surface area (Å²) in [7, 11) is 1.49. The molecule has 0 spiro atoms. The zero-order valence-corrected chi connectivity index (χ0v) is 6.12. The molecule has 0 aromatic rings. The average Bonchev–Trinajstić information content (AvgIpc) is 2.62. The van der Waals surface area contributed by atoms with Gasteiger partial charge in [-0.15, -0.1) is 6.58 Å². The average molecular weight is 143 g/mol. The molecular formula is C7H13NO2. The van der Waals surface area contributed by atoms with Gasteiger partial charge < -0.3 is 5.73 Å². The summed E-state index contributed by atoms with van der Waals surface area (Å²) in [5.41, 5.74) is 5.59. The summed E-state index contributed by atoms with van der Waals surface area (Å²) in [5, 5.41) is 0. The van der Waals surface area contributed by atoms with Crippen molar-refractivity contribution in [3.63, 3.8) is 0 Å². The van der Waals surface area contributed by atoms with Crippen LogP contribution in [0.4, 0.5) is 0 Å². The lowest BCUT2D eigenvalue weighted by atomic mass is 10.2. The van der Waals surface area contributed by atoms with Crippen molar-refractivity contribution in [3.8, 4) is 0 Å². The summed E-state index contributed by atoms with van der Waals surface area (Å²) in [6, 6.07) is 0.276. The third-order valence-electron chi connectivity index (χ3n) is 1.75. The van der Waals surface area contributed by atoms with Gasteiger partial charge in [-0.25, -0.2) is 9.78 Å². The highest BCUT2D eigenvalue weighted by Gasteiger charge is 2.40. The molecule has 0 bridgehead atoms. The second-order valence-electron chi connectivity index (χ2n) is 2.53. The summed E-state index contributed by atoms with van der Waals surface area (Å²) >= 11 is 0. The molecule has 1 aliphatic carbocycles. The monoisotopic (exact) mass is 143 g/mol. The fourth-order valence-electron chi connectivity index (χ4n) is 1.01. The zero-order chi connectivity index (χ0) is 7.56. The molecule has 1 saturated carbocycles. The van der Waals surface area contributed by atoms with Crippen molar-refractivity contribution >= 4 is 0 Å². The Balaban J connectivity index is 2.27. The van der Waals surface area contributed by atoms with Crippen LogP contribution in [0.5, 0.6) is 0 Å². The van der Waals surface area contributed by atoms with Crippen LogP contribution in [0.2, 0.25) is 0 Å². The van der Waals surface area contributed by atoms with E-state index in [2.05, 4.69) is 11.5 Å². The van der Waals surface area contributed by atoms with E-state index >= 15 is 0 Å². The third-order valence-corrected chi connectivity index (χ3v) is 1.75. The van der Waals surface area contributed by atoms with E-state index in [4.69, 9.17) is 10.6 Å². The Morgan fingerprint density at radius 3 is 2.70 bits per heavy atom. The molecule has 58 valence electrons. The maximum atomic E-state index is 5.59. The van der Waals surface area contributed by atoms with Gasteiger partial charge >= 0.3 is 0 Å². The Labute approximate surface area is 60.7 Å². The van der Waals surface area contributed by atoms with Gasteiger partial charge in [-0.05, 0) is 6.42 Å². The summed E-state index contributed by atoms with van der Waals surface area (Å²) < 4.78 is 0. The van der Waals surface area contributed by atoms with Gasteiger partial charge in [0, 0.05) is 12.0 Å². The second-order valence-corrected chi connectivity index (χ2v) is 2.53. The molecular weight excluding hydrogens is 130 g/mol. The summed E-state index contributed by atoms with van der Waals surface area (Å²) in [6.45, 7) is 3.61. The first-order valence-electron chi connectivity index (χ1n) is 3.37. The van der Waals surface area contributed by atoms with E-state index in [1.807, 2.05) is 0 Å². The van der Waals surface area contributed by atoms with E-state index in [9.17, 15) is 0 Å². The number of hydrogen-bond acceptors (Lipinski definition) is 3. The highest BCUT2D eigenvalue weighted by molar-refractivity contribution is 5.01. The maximum Gasteiger partial charge on any atom is 0.115 e. The molecule has 0 amide bonds. The van der Waals surface area contributed by atoms with Crippen molar-refractivity contribution in [1.82, 2.24) is 0 Å². The molecule has 3 atom stereocenters. The number of rotatable bonds is 4. The molecule has 0 aromatic heterocycles. The molecule has 0 aliphatic heterocycles. The number of hydrogen-bond donors (Lipinski definition) is 1. The van der Waals surface area contributed by atoms with Crippen LogP contribution >= 0.6 is 0 Å². The summed E-state index contributed by atoms with van der Waals surface area (Å²) in [4.78, 5) is 9.41. The van der Waals surface area contributed by atoms with Gasteiger partial charge in [0.25, 0.3) is 0 Å². The first-order chi connectivity index (χ1) is 4.79. The van der Waals surface area contributed by atoms with Gasteiger partial charge in [-0.2, -0.15) is 0 Å². The summed E-state index contributed by atoms with van der Waals surface area (Å²) in [5.74, 6) is 0.414. The van der Waals surface area contributed by atoms with E-state index in [-0.39, 0.29) is 12.1 Å². The van der Waals surface area contributed by atoms with Crippen LogP contribution in [-0.4, -0.2) is 19.3 Å². The molecule has 0 saturated heterocycles. The molecule has 1 aliphatic rings. The maximum absolute atomic E-state index is 5.59. The van der Waals surface area contributed by atoms with Crippen LogP contribution in [0.3, 0.4) is 0 Å². The third kappa shape index (κ3) is 1.56. The van der Waals surface area contributed by atoms with Crippen LogP contribution in [0.1, 0.15) is 6.42 Å². The quantitative estimate of drug-likeness (QED) is 0.353. The van der Waals surface area contributed by atoms with Crippen LogP contribution in [0.25, 0.3) is 0 Å². The molecule has 0 radical (unpaired) electrons. The molecule has 1 unspecified atom stereocenters. The fraction of sp³-hybridized carbons (Fsp3) is 0.714. The van der Waals surface area contributed by atoms with Gasteiger partial charge in [-0.3, -0.25) is 0 Å². The van der Waals surface area contributed by atoms with Crippen LogP contribution in [-0.2, 0) is 9.78 Å². The van der Waals surface area contributed by atoms with Crippen molar-refractivity contribution in [1.29, 1.82) is 0 Å². The molecule has 0 heterocycles. The lowest BCUT2D eigenvalue weighted by Gasteiger charge is -2.08. The van der Waals surface area contributed by atoms with Gasteiger partial charge in [0.1, 0.15) is 6.10 Å². The Hall–Kier alpha value is -0.380. The Kier molecular flexibility index (Phi) is 2.43. The molecule has 1 rings (SSSR count). The minimum atomic E-state index is -0.0278. The Bertz CT molecular complexity index is 127. The van der Waals surface area contributed by atoms with Crippen LogP contribution in [0, 0.1) is 5.92 Å². The largest absolute Gasteiger partial charge is 0.327 e. The normalized spacial score (nSPS) is 33.4. The predicted octanol–water partition coefficient (Wildman–Crippen LogP) is 0.466. The minimum Gasteiger partial charge on any atom is -0.327 e. The van der Waals surface area contributed by atoms with E-state index in [0.717, 1.165) is 6.42 Å².